The molecule has 6 heteroatoms. The monoisotopic (exact) mass is 230 g/mol. The van der Waals surface area contributed by atoms with Crippen LogP contribution in [0.25, 0.3) is 0 Å². The molecule has 0 aliphatic carbocycles. The second-order valence-corrected chi connectivity index (χ2v) is 4.18. The second kappa shape index (κ2) is 5.69. The number of hydrogen-bond acceptors (Lipinski definition) is 4. The van der Waals surface area contributed by atoms with E-state index in [1.54, 1.807) is 4.90 Å². The molecule has 1 saturated heterocycles. The maximum Gasteiger partial charge on any atom is 0.410 e. The van der Waals surface area contributed by atoms with Crippen LogP contribution in [-0.2, 0) is 9.53 Å². The Morgan fingerprint density at radius 2 is 2.31 bits per heavy atom. The molecule has 0 spiro atoms. The molecule has 0 aromatic carbocycles. The zero-order valence-electron chi connectivity index (χ0n) is 9.68. The van der Waals surface area contributed by atoms with Crippen LogP contribution in [0.5, 0.6) is 0 Å². The van der Waals surface area contributed by atoms with E-state index in [2.05, 4.69) is 0 Å². The van der Waals surface area contributed by atoms with Crippen LogP contribution in [0, 0.1) is 0 Å². The molecular formula is C10H18N2O4. The Morgan fingerprint density at radius 1 is 1.62 bits per heavy atom. The van der Waals surface area contributed by atoms with E-state index in [1.807, 2.05) is 19.0 Å². The van der Waals surface area contributed by atoms with E-state index in [1.165, 1.54) is 0 Å². The Labute approximate surface area is 94.8 Å². The first kappa shape index (κ1) is 12.8. The third-order valence-corrected chi connectivity index (χ3v) is 2.47. The standard InChI is InChI=1S/C10H18N2O4/c1-11(2)5-6-12-4-3-8(7-9(13)14)16-10(12)15/h8H,3-7H2,1-2H3,(H,13,14). The summed E-state index contributed by atoms with van der Waals surface area (Å²) in [6, 6.07) is 0. The van der Waals surface area contributed by atoms with Crippen LogP contribution in [-0.4, -0.2) is 66.8 Å². The molecule has 1 rings (SSSR count). The molecule has 1 aliphatic heterocycles. The van der Waals surface area contributed by atoms with E-state index < -0.39 is 18.2 Å². The van der Waals surface area contributed by atoms with Gasteiger partial charge in [-0.25, -0.2) is 4.79 Å². The van der Waals surface area contributed by atoms with Gasteiger partial charge in [-0.2, -0.15) is 0 Å². The molecule has 0 aromatic rings. The van der Waals surface area contributed by atoms with E-state index in [0.717, 1.165) is 6.54 Å². The third-order valence-electron chi connectivity index (χ3n) is 2.47. The van der Waals surface area contributed by atoms with Crippen molar-refractivity contribution in [3.05, 3.63) is 0 Å². The molecule has 0 radical (unpaired) electrons. The molecule has 16 heavy (non-hydrogen) atoms. The molecular weight excluding hydrogens is 212 g/mol. The fourth-order valence-electron chi connectivity index (χ4n) is 1.53. The lowest BCUT2D eigenvalue weighted by molar-refractivity contribution is -0.139. The molecule has 1 unspecified atom stereocenters. The summed E-state index contributed by atoms with van der Waals surface area (Å²) in [7, 11) is 3.87. The summed E-state index contributed by atoms with van der Waals surface area (Å²) in [6.45, 7) is 1.97. The number of carboxylic acids is 1. The smallest absolute Gasteiger partial charge is 0.410 e. The number of cyclic esters (lactones) is 1. The lowest BCUT2D eigenvalue weighted by Crippen LogP contribution is -2.45. The Balaban J connectivity index is 2.34. The fraction of sp³-hybridized carbons (Fsp3) is 0.800. The summed E-state index contributed by atoms with van der Waals surface area (Å²) >= 11 is 0. The highest BCUT2D eigenvalue weighted by atomic mass is 16.6. The summed E-state index contributed by atoms with van der Waals surface area (Å²) in [4.78, 5) is 25.5. The van der Waals surface area contributed by atoms with Gasteiger partial charge in [0.25, 0.3) is 0 Å². The zero-order valence-corrected chi connectivity index (χ0v) is 9.68. The lowest BCUT2D eigenvalue weighted by Gasteiger charge is -2.31. The van der Waals surface area contributed by atoms with Gasteiger partial charge >= 0.3 is 12.1 Å². The van der Waals surface area contributed by atoms with Gasteiger partial charge < -0.3 is 19.6 Å². The minimum atomic E-state index is -0.931. The molecule has 1 amide bonds. The molecule has 0 bridgehead atoms. The van der Waals surface area contributed by atoms with Crippen molar-refractivity contribution in [2.45, 2.75) is 18.9 Å². The van der Waals surface area contributed by atoms with Gasteiger partial charge in [0.15, 0.2) is 0 Å². The quantitative estimate of drug-likeness (QED) is 0.732. The summed E-state index contributed by atoms with van der Waals surface area (Å²) in [5.74, 6) is -0.931. The highest BCUT2D eigenvalue weighted by Gasteiger charge is 2.28. The molecule has 92 valence electrons. The minimum absolute atomic E-state index is 0.104. The van der Waals surface area contributed by atoms with E-state index >= 15 is 0 Å². The van der Waals surface area contributed by atoms with Crippen molar-refractivity contribution >= 4 is 12.1 Å². The lowest BCUT2D eigenvalue weighted by atomic mass is 10.1. The van der Waals surface area contributed by atoms with Crippen LogP contribution in [0.15, 0.2) is 0 Å². The Bertz CT molecular complexity index is 268. The van der Waals surface area contributed by atoms with Gasteiger partial charge in [0.05, 0.1) is 6.42 Å². The van der Waals surface area contributed by atoms with Crippen molar-refractivity contribution in [2.75, 3.05) is 33.7 Å². The van der Waals surface area contributed by atoms with Crippen molar-refractivity contribution in [2.24, 2.45) is 0 Å². The number of aliphatic carboxylic acids is 1. The SMILES string of the molecule is CN(C)CCN1CCC(CC(=O)O)OC1=O. The number of amides is 1. The largest absolute Gasteiger partial charge is 0.481 e. The van der Waals surface area contributed by atoms with E-state index in [4.69, 9.17) is 9.84 Å². The zero-order chi connectivity index (χ0) is 12.1. The number of likely N-dealkylation sites (N-methyl/N-ethyl adjacent to an activating group) is 1. The Morgan fingerprint density at radius 3 is 2.81 bits per heavy atom. The van der Waals surface area contributed by atoms with Gasteiger partial charge in [-0.15, -0.1) is 0 Å². The first-order valence-electron chi connectivity index (χ1n) is 5.31. The van der Waals surface area contributed by atoms with Gasteiger partial charge in [-0.05, 0) is 14.1 Å². The number of carbonyl (C=O) groups is 2. The van der Waals surface area contributed by atoms with E-state index in [9.17, 15) is 9.59 Å². The topological polar surface area (TPSA) is 70.1 Å². The number of carbonyl (C=O) groups excluding carboxylic acids is 1. The van der Waals surface area contributed by atoms with Gasteiger partial charge in [0.2, 0.25) is 0 Å². The maximum atomic E-state index is 11.5. The number of rotatable bonds is 5. The third kappa shape index (κ3) is 4.06. The summed E-state index contributed by atoms with van der Waals surface area (Å²) in [5, 5.41) is 8.58. The molecule has 1 atom stereocenters. The summed E-state index contributed by atoms with van der Waals surface area (Å²) < 4.78 is 5.03. The van der Waals surface area contributed by atoms with Crippen LogP contribution in [0.1, 0.15) is 12.8 Å². The molecule has 0 saturated carbocycles. The molecule has 1 aliphatic rings. The average molecular weight is 230 g/mol. The molecule has 1 N–H and O–H groups in total. The first-order chi connectivity index (χ1) is 7.49. The van der Waals surface area contributed by atoms with Crippen LogP contribution < -0.4 is 0 Å². The van der Waals surface area contributed by atoms with Crippen molar-refractivity contribution in [3.63, 3.8) is 0 Å². The molecule has 1 heterocycles. The van der Waals surface area contributed by atoms with Crippen LogP contribution in [0.3, 0.4) is 0 Å². The Kier molecular flexibility index (Phi) is 4.54. The van der Waals surface area contributed by atoms with Crippen molar-refractivity contribution in [3.8, 4) is 0 Å². The summed E-state index contributed by atoms with van der Waals surface area (Å²) in [5.41, 5.74) is 0. The van der Waals surface area contributed by atoms with Gasteiger partial charge in [0.1, 0.15) is 6.10 Å². The minimum Gasteiger partial charge on any atom is -0.481 e. The van der Waals surface area contributed by atoms with Crippen LogP contribution in [0.4, 0.5) is 4.79 Å². The van der Waals surface area contributed by atoms with Gasteiger partial charge in [0, 0.05) is 26.1 Å². The van der Waals surface area contributed by atoms with E-state index in [0.29, 0.717) is 19.5 Å². The van der Waals surface area contributed by atoms with E-state index in [-0.39, 0.29) is 6.42 Å². The van der Waals surface area contributed by atoms with Crippen molar-refractivity contribution in [1.29, 1.82) is 0 Å². The highest BCUT2D eigenvalue weighted by molar-refractivity contribution is 5.71. The number of hydrogen-bond donors (Lipinski definition) is 1. The number of nitrogens with zero attached hydrogens (tertiary/aromatic N) is 2. The second-order valence-electron chi connectivity index (χ2n) is 4.18. The number of carboxylic acid groups (broad SMARTS) is 1. The maximum absolute atomic E-state index is 11.5. The van der Waals surface area contributed by atoms with Crippen LogP contribution in [0.2, 0.25) is 0 Å². The Hall–Kier alpha value is -1.30. The van der Waals surface area contributed by atoms with Gasteiger partial charge in [-0.3, -0.25) is 4.79 Å². The predicted octanol–water partition coefficient (Wildman–Crippen LogP) is 0.234. The van der Waals surface area contributed by atoms with Crippen molar-refractivity contribution < 1.29 is 19.4 Å². The highest BCUT2D eigenvalue weighted by Crippen LogP contribution is 2.14. The molecule has 6 nitrogen and oxygen atoms in total. The summed E-state index contributed by atoms with van der Waals surface area (Å²) in [6.07, 6.45) is -0.390. The normalized spacial score (nSPS) is 21.1. The average Bonchev–Trinajstić information content (AvgIpc) is 2.15. The predicted molar refractivity (Wildman–Crippen MR) is 57.3 cm³/mol. The molecule has 0 aromatic heterocycles. The van der Waals surface area contributed by atoms with Crippen LogP contribution >= 0.6 is 0 Å². The fourth-order valence-corrected chi connectivity index (χ4v) is 1.53. The van der Waals surface area contributed by atoms with Crippen molar-refractivity contribution in [1.82, 2.24) is 9.80 Å². The first-order valence-corrected chi connectivity index (χ1v) is 5.31. The molecule has 1 fully saturated rings. The van der Waals surface area contributed by atoms with Gasteiger partial charge in [-0.1, -0.05) is 0 Å². The number of ether oxygens (including phenoxy) is 1.